The Balaban J connectivity index is 2.33. The highest BCUT2D eigenvalue weighted by Crippen LogP contribution is 2.27. The molecule has 0 saturated heterocycles. The lowest BCUT2D eigenvalue weighted by atomic mass is 10.1. The number of nitrogens with zero attached hydrogens (tertiary/aromatic N) is 1. The van der Waals surface area contributed by atoms with Crippen LogP contribution in [0.25, 0.3) is 0 Å². The van der Waals surface area contributed by atoms with E-state index in [0.29, 0.717) is 5.69 Å². The number of amides is 1. The highest BCUT2D eigenvalue weighted by molar-refractivity contribution is 7.92. The number of rotatable bonds is 7. The zero-order chi connectivity index (χ0) is 20.2. The Morgan fingerprint density at radius 1 is 1.19 bits per heavy atom. The Bertz CT molecular complexity index is 911. The summed E-state index contributed by atoms with van der Waals surface area (Å²) in [6.45, 7) is 5.86. The second-order valence-electron chi connectivity index (χ2n) is 6.61. The third kappa shape index (κ3) is 5.02. The van der Waals surface area contributed by atoms with Gasteiger partial charge in [-0.25, -0.2) is 8.42 Å². The Morgan fingerprint density at radius 3 is 2.41 bits per heavy atom. The van der Waals surface area contributed by atoms with Crippen LogP contribution in [0.5, 0.6) is 0 Å². The molecule has 1 N–H and O–H groups in total. The molecule has 0 aliphatic carbocycles. The molecule has 5 nitrogen and oxygen atoms in total. The second-order valence-corrected chi connectivity index (χ2v) is 8.99. The summed E-state index contributed by atoms with van der Waals surface area (Å²) in [4.78, 5) is 12.7. The van der Waals surface area contributed by atoms with E-state index in [9.17, 15) is 13.2 Å². The molecule has 2 aromatic carbocycles. The number of nitrogens with one attached hydrogen (secondary N) is 1. The van der Waals surface area contributed by atoms with E-state index in [2.05, 4.69) is 5.32 Å². The van der Waals surface area contributed by atoms with Gasteiger partial charge in [0.1, 0.15) is 0 Å². The molecular weight excluding hydrogens is 384 g/mol. The van der Waals surface area contributed by atoms with Gasteiger partial charge in [0, 0.05) is 13.1 Å². The van der Waals surface area contributed by atoms with Crippen LogP contribution in [0, 0.1) is 6.92 Å². The predicted molar refractivity (Wildman–Crippen MR) is 110 cm³/mol. The summed E-state index contributed by atoms with van der Waals surface area (Å²) in [5.41, 5.74) is 1.60. The lowest BCUT2D eigenvalue weighted by molar-refractivity contribution is 0.0938. The summed E-state index contributed by atoms with van der Waals surface area (Å²) < 4.78 is 26.9. The number of carbonyl (C=O) groups is 1. The number of hydrogen-bond donors (Lipinski definition) is 1. The first-order valence-electron chi connectivity index (χ1n) is 8.82. The van der Waals surface area contributed by atoms with E-state index in [1.165, 1.54) is 19.2 Å². The van der Waals surface area contributed by atoms with E-state index in [-0.39, 0.29) is 27.4 Å². The number of halogens is 1. The molecule has 2 rings (SSSR count). The van der Waals surface area contributed by atoms with Gasteiger partial charge in [0.25, 0.3) is 15.9 Å². The highest BCUT2D eigenvalue weighted by Gasteiger charge is 2.23. The van der Waals surface area contributed by atoms with E-state index < -0.39 is 10.0 Å². The number of benzene rings is 2. The lowest BCUT2D eigenvalue weighted by Crippen LogP contribution is -2.33. The maximum atomic E-state index is 12.9. The van der Waals surface area contributed by atoms with Crippen molar-refractivity contribution in [3.63, 3.8) is 0 Å². The standard InChI is InChI=1S/C20H25ClN2O3S/c1-5-6-15(3)22-20(24)18-13-16(9-12-19(18)21)23(4)27(25,26)17-10-7-14(2)8-11-17/h7-13,15H,5-6H2,1-4H3,(H,22,24). The molecular formula is C20H25ClN2O3S. The molecule has 0 bridgehead atoms. The molecule has 0 heterocycles. The highest BCUT2D eigenvalue weighted by atomic mass is 35.5. The molecule has 2 aromatic rings. The van der Waals surface area contributed by atoms with Crippen molar-refractivity contribution in [3.05, 3.63) is 58.6 Å². The quantitative estimate of drug-likeness (QED) is 0.738. The minimum absolute atomic E-state index is 0.0104. The van der Waals surface area contributed by atoms with Crippen LogP contribution in [0.1, 0.15) is 42.6 Å². The zero-order valence-electron chi connectivity index (χ0n) is 16.0. The van der Waals surface area contributed by atoms with Gasteiger partial charge in [-0.3, -0.25) is 9.10 Å². The van der Waals surface area contributed by atoms with Gasteiger partial charge < -0.3 is 5.32 Å². The van der Waals surface area contributed by atoms with Crippen molar-refractivity contribution in [1.82, 2.24) is 5.32 Å². The second kappa shape index (κ2) is 8.76. The van der Waals surface area contributed by atoms with Crippen molar-refractivity contribution < 1.29 is 13.2 Å². The SMILES string of the molecule is CCCC(C)NC(=O)c1cc(N(C)S(=O)(=O)c2ccc(C)cc2)ccc1Cl. The third-order valence-corrected chi connectivity index (χ3v) is 6.47. The topological polar surface area (TPSA) is 66.5 Å². The molecule has 0 aromatic heterocycles. The van der Waals surface area contributed by atoms with Gasteiger partial charge in [-0.15, -0.1) is 0 Å². The number of sulfonamides is 1. The van der Waals surface area contributed by atoms with Crippen LogP contribution in [0.4, 0.5) is 5.69 Å². The molecule has 0 saturated carbocycles. The average molecular weight is 409 g/mol. The van der Waals surface area contributed by atoms with Crippen LogP contribution in [-0.4, -0.2) is 27.4 Å². The Labute approximate surface area is 166 Å². The molecule has 1 unspecified atom stereocenters. The summed E-state index contributed by atoms with van der Waals surface area (Å²) in [6, 6.07) is 11.3. The Kier molecular flexibility index (Phi) is 6.89. The van der Waals surface area contributed by atoms with Crippen LogP contribution in [0.2, 0.25) is 5.02 Å². The van der Waals surface area contributed by atoms with Gasteiger partial charge >= 0.3 is 0 Å². The summed E-state index contributed by atoms with van der Waals surface area (Å²) in [5, 5.41) is 3.17. The fourth-order valence-corrected chi connectivity index (χ4v) is 4.09. The third-order valence-electron chi connectivity index (χ3n) is 4.34. The molecule has 1 atom stereocenters. The summed E-state index contributed by atoms with van der Waals surface area (Å²) in [5.74, 6) is -0.316. The Hall–Kier alpha value is -2.05. The van der Waals surface area contributed by atoms with Crippen LogP contribution < -0.4 is 9.62 Å². The monoisotopic (exact) mass is 408 g/mol. The average Bonchev–Trinajstić information content (AvgIpc) is 2.62. The van der Waals surface area contributed by atoms with Gasteiger partial charge in [-0.2, -0.15) is 0 Å². The number of hydrogen-bond acceptors (Lipinski definition) is 3. The smallest absolute Gasteiger partial charge is 0.264 e. The normalized spacial score (nSPS) is 12.5. The maximum absolute atomic E-state index is 12.9. The predicted octanol–water partition coefficient (Wildman–Crippen LogP) is 4.39. The van der Waals surface area contributed by atoms with E-state index in [1.54, 1.807) is 30.3 Å². The minimum atomic E-state index is -3.74. The van der Waals surface area contributed by atoms with Crippen LogP contribution in [0.3, 0.4) is 0 Å². The van der Waals surface area contributed by atoms with Gasteiger partial charge in [0.05, 0.1) is 21.2 Å². The lowest BCUT2D eigenvalue weighted by Gasteiger charge is -2.21. The zero-order valence-corrected chi connectivity index (χ0v) is 17.6. The van der Waals surface area contributed by atoms with Crippen molar-refractivity contribution in [3.8, 4) is 0 Å². The molecule has 146 valence electrons. The van der Waals surface area contributed by atoms with Gasteiger partial charge in [-0.1, -0.05) is 42.6 Å². The maximum Gasteiger partial charge on any atom is 0.264 e. The fourth-order valence-electron chi connectivity index (χ4n) is 2.70. The number of aryl methyl sites for hydroxylation is 1. The largest absolute Gasteiger partial charge is 0.350 e. The van der Waals surface area contributed by atoms with Crippen LogP contribution in [0.15, 0.2) is 47.4 Å². The molecule has 0 spiro atoms. The van der Waals surface area contributed by atoms with Gasteiger partial charge in [0.2, 0.25) is 0 Å². The van der Waals surface area contributed by atoms with Gasteiger partial charge in [0.15, 0.2) is 0 Å². The van der Waals surface area contributed by atoms with E-state index in [0.717, 1.165) is 22.7 Å². The minimum Gasteiger partial charge on any atom is -0.350 e. The molecule has 0 aliphatic rings. The van der Waals surface area contributed by atoms with Crippen molar-refractivity contribution in [2.75, 3.05) is 11.4 Å². The molecule has 27 heavy (non-hydrogen) atoms. The molecule has 0 fully saturated rings. The summed E-state index contributed by atoms with van der Waals surface area (Å²) >= 11 is 6.18. The Morgan fingerprint density at radius 2 is 1.81 bits per heavy atom. The molecule has 0 aliphatic heterocycles. The van der Waals surface area contributed by atoms with Crippen LogP contribution >= 0.6 is 11.6 Å². The number of anilines is 1. The summed E-state index contributed by atoms with van der Waals surface area (Å²) in [7, 11) is -2.28. The van der Waals surface area contributed by atoms with E-state index in [1.807, 2.05) is 20.8 Å². The first-order valence-corrected chi connectivity index (χ1v) is 10.6. The first kappa shape index (κ1) is 21.3. The van der Waals surface area contributed by atoms with Crippen molar-refractivity contribution >= 4 is 33.2 Å². The number of carbonyl (C=O) groups excluding carboxylic acids is 1. The van der Waals surface area contributed by atoms with E-state index in [4.69, 9.17) is 11.6 Å². The fraction of sp³-hybridized carbons (Fsp3) is 0.350. The van der Waals surface area contributed by atoms with Crippen molar-refractivity contribution in [1.29, 1.82) is 0 Å². The molecule has 0 radical (unpaired) electrons. The van der Waals surface area contributed by atoms with Crippen molar-refractivity contribution in [2.24, 2.45) is 0 Å². The van der Waals surface area contributed by atoms with Gasteiger partial charge in [-0.05, 0) is 50.6 Å². The van der Waals surface area contributed by atoms with E-state index >= 15 is 0 Å². The van der Waals surface area contributed by atoms with Crippen LogP contribution in [-0.2, 0) is 10.0 Å². The molecule has 7 heteroatoms. The first-order chi connectivity index (χ1) is 12.7. The summed E-state index contributed by atoms with van der Waals surface area (Å²) in [6.07, 6.45) is 1.80. The van der Waals surface area contributed by atoms with Crippen molar-refractivity contribution in [2.45, 2.75) is 44.6 Å². The molecule has 1 amide bonds.